The van der Waals surface area contributed by atoms with Gasteiger partial charge in [-0.15, -0.1) is 0 Å². The van der Waals surface area contributed by atoms with E-state index in [1.807, 2.05) is 6.07 Å². The summed E-state index contributed by atoms with van der Waals surface area (Å²) in [5.41, 5.74) is 16.2. The first-order valence-corrected chi connectivity index (χ1v) is 20.1. The van der Waals surface area contributed by atoms with Crippen molar-refractivity contribution in [1.82, 2.24) is 9.13 Å². The second kappa shape index (κ2) is 12.6. The molecule has 0 amide bonds. The van der Waals surface area contributed by atoms with Crippen LogP contribution in [-0.2, 0) is 5.41 Å². The molecule has 3 heterocycles. The first-order chi connectivity index (χ1) is 27.9. The van der Waals surface area contributed by atoms with Gasteiger partial charge in [-0.2, -0.15) is 0 Å². The van der Waals surface area contributed by atoms with Crippen molar-refractivity contribution in [3.63, 3.8) is 0 Å². The lowest BCUT2D eigenvalue weighted by atomic mass is 9.70. The maximum atomic E-state index is 6.29. The number of para-hydroxylation sites is 3. The fourth-order valence-electron chi connectivity index (χ4n) is 9.59. The number of nitrogens with zero attached hydrogens (tertiary/aromatic N) is 2. The molecular weight excluding hydrogens is 693 g/mol. The zero-order valence-electron chi connectivity index (χ0n) is 32.6. The van der Waals surface area contributed by atoms with E-state index in [0.717, 1.165) is 33.3 Å². The van der Waals surface area contributed by atoms with Crippen LogP contribution in [0.4, 0.5) is 0 Å². The van der Waals surface area contributed by atoms with Gasteiger partial charge in [0.15, 0.2) is 0 Å². The van der Waals surface area contributed by atoms with Crippen LogP contribution in [0.1, 0.15) is 50.1 Å². The number of fused-ring (bicyclic) bond motifs is 11. The van der Waals surface area contributed by atoms with Crippen molar-refractivity contribution in [3.8, 4) is 22.5 Å². The standard InChI is InChI=1S/C54H42N2O/c1-34(2)32-45-53-42-18-9-12-20-47(42)56(38-26-31-51-43(33-38)39-16-10-13-21-50(39)57-51)49(53)29-27-40-44(54(45,3)4)28-30-48-52(40)41-17-8-11-19-46(41)55(48)37-24-22-36(23-25-37)35-14-6-5-7-15-35/h5-34H,1-4H3/b29-27-,45-32-. The van der Waals surface area contributed by atoms with Gasteiger partial charge in [0.25, 0.3) is 0 Å². The monoisotopic (exact) mass is 734 g/mol. The molecule has 0 saturated heterocycles. The number of aromatic nitrogens is 2. The van der Waals surface area contributed by atoms with Crippen LogP contribution >= 0.6 is 0 Å². The molecule has 0 fully saturated rings. The minimum atomic E-state index is -0.326. The number of benzene rings is 7. The van der Waals surface area contributed by atoms with Gasteiger partial charge in [-0.1, -0.05) is 143 Å². The van der Waals surface area contributed by atoms with E-state index < -0.39 is 0 Å². The Morgan fingerprint density at radius 2 is 1.16 bits per heavy atom. The average Bonchev–Trinajstić information content (AvgIpc) is 3.89. The summed E-state index contributed by atoms with van der Waals surface area (Å²) in [7, 11) is 0. The van der Waals surface area contributed by atoms with Crippen LogP contribution in [0.25, 0.3) is 94.9 Å². The summed E-state index contributed by atoms with van der Waals surface area (Å²) in [6, 6.07) is 57.2. The molecule has 0 radical (unpaired) electrons. The average molecular weight is 735 g/mol. The molecule has 0 spiro atoms. The van der Waals surface area contributed by atoms with E-state index in [9.17, 15) is 0 Å². The molecule has 57 heavy (non-hydrogen) atoms. The van der Waals surface area contributed by atoms with Crippen LogP contribution in [-0.4, -0.2) is 9.13 Å². The molecule has 0 saturated carbocycles. The fourth-order valence-corrected chi connectivity index (χ4v) is 9.59. The minimum Gasteiger partial charge on any atom is -0.456 e. The van der Waals surface area contributed by atoms with Crippen LogP contribution in [0.15, 0.2) is 168 Å². The van der Waals surface area contributed by atoms with E-state index in [-0.39, 0.29) is 5.41 Å². The van der Waals surface area contributed by atoms with E-state index in [0.29, 0.717) is 5.92 Å². The third-order valence-corrected chi connectivity index (χ3v) is 12.2. The highest BCUT2D eigenvalue weighted by Gasteiger charge is 2.35. The van der Waals surface area contributed by atoms with E-state index in [1.165, 1.54) is 71.8 Å². The first-order valence-electron chi connectivity index (χ1n) is 20.1. The van der Waals surface area contributed by atoms with E-state index in [2.05, 4.69) is 207 Å². The van der Waals surface area contributed by atoms with Crippen molar-refractivity contribution >= 4 is 72.4 Å². The Morgan fingerprint density at radius 3 is 1.93 bits per heavy atom. The normalized spacial score (nSPS) is 15.1. The molecule has 1 aliphatic carbocycles. The number of hydrogen-bond donors (Lipinski definition) is 0. The van der Waals surface area contributed by atoms with Gasteiger partial charge in [0.05, 0.1) is 22.2 Å². The Kier molecular flexibility index (Phi) is 7.40. The lowest BCUT2D eigenvalue weighted by Crippen LogP contribution is -2.23. The van der Waals surface area contributed by atoms with Gasteiger partial charge >= 0.3 is 0 Å². The van der Waals surface area contributed by atoms with Crippen molar-refractivity contribution in [2.75, 3.05) is 0 Å². The minimum absolute atomic E-state index is 0.326. The summed E-state index contributed by atoms with van der Waals surface area (Å²) in [6.45, 7) is 9.45. The molecule has 0 atom stereocenters. The molecule has 7 aromatic carbocycles. The van der Waals surface area contributed by atoms with Crippen LogP contribution in [0.2, 0.25) is 0 Å². The summed E-state index contributed by atoms with van der Waals surface area (Å²) in [6.07, 6.45) is 7.30. The fraction of sp³-hybridized carbons (Fsp3) is 0.111. The Labute approximate surface area is 332 Å². The predicted molar refractivity (Wildman–Crippen MR) is 242 cm³/mol. The largest absolute Gasteiger partial charge is 0.456 e. The molecule has 1 aliphatic rings. The van der Waals surface area contributed by atoms with Crippen molar-refractivity contribution in [2.24, 2.45) is 5.92 Å². The number of rotatable bonds is 4. The molecule has 0 N–H and O–H groups in total. The summed E-state index contributed by atoms with van der Waals surface area (Å²) >= 11 is 0. The van der Waals surface area contributed by atoms with Crippen molar-refractivity contribution in [2.45, 2.75) is 33.1 Å². The molecule has 0 bridgehead atoms. The van der Waals surface area contributed by atoms with Crippen molar-refractivity contribution in [3.05, 3.63) is 186 Å². The number of allylic oxidation sites excluding steroid dienone is 2. The quantitative estimate of drug-likeness (QED) is 0.177. The highest BCUT2D eigenvalue weighted by molar-refractivity contribution is 6.15. The molecule has 3 nitrogen and oxygen atoms in total. The Morgan fingerprint density at radius 1 is 0.526 bits per heavy atom. The molecule has 3 aromatic heterocycles. The van der Waals surface area contributed by atoms with Crippen LogP contribution in [0, 0.1) is 5.92 Å². The zero-order chi connectivity index (χ0) is 38.4. The SMILES string of the molecule is CC(C)/C=C1/c2c(n(-c3ccc4oc5ccccc5c4c3)c3ccccc23)/C=C\c2c(ccc3c2c2ccccc2n3-c2ccc(-c3ccccc3)cc2)C1(C)C. The summed E-state index contributed by atoms with van der Waals surface area (Å²) < 4.78 is 11.2. The smallest absolute Gasteiger partial charge is 0.135 e. The van der Waals surface area contributed by atoms with E-state index >= 15 is 0 Å². The second-order valence-corrected chi connectivity index (χ2v) is 16.4. The number of furan rings is 1. The molecule has 10 aromatic rings. The molecule has 11 rings (SSSR count). The molecule has 3 heteroatoms. The third kappa shape index (κ3) is 5.05. The van der Waals surface area contributed by atoms with E-state index in [1.54, 1.807) is 0 Å². The van der Waals surface area contributed by atoms with Gasteiger partial charge in [0, 0.05) is 49.3 Å². The zero-order valence-corrected chi connectivity index (χ0v) is 32.6. The molecule has 274 valence electrons. The van der Waals surface area contributed by atoms with Crippen molar-refractivity contribution < 1.29 is 4.42 Å². The Hall–Kier alpha value is -6.84. The van der Waals surface area contributed by atoms with Gasteiger partial charge in [0.1, 0.15) is 11.2 Å². The molecule has 0 aliphatic heterocycles. The topological polar surface area (TPSA) is 23.0 Å². The first kappa shape index (κ1) is 33.5. The van der Waals surface area contributed by atoms with Crippen LogP contribution in [0.5, 0.6) is 0 Å². The molecule has 0 unspecified atom stereocenters. The van der Waals surface area contributed by atoms with Crippen LogP contribution < -0.4 is 0 Å². The van der Waals surface area contributed by atoms with Crippen molar-refractivity contribution in [1.29, 1.82) is 0 Å². The van der Waals surface area contributed by atoms with Gasteiger partial charge in [-0.05, 0) is 94.4 Å². The second-order valence-electron chi connectivity index (χ2n) is 16.4. The maximum absolute atomic E-state index is 6.29. The third-order valence-electron chi connectivity index (χ3n) is 12.2. The van der Waals surface area contributed by atoms with Gasteiger partial charge in [-0.25, -0.2) is 0 Å². The Balaban J connectivity index is 1.20. The lowest BCUT2D eigenvalue weighted by molar-refractivity contribution is 0.669. The lowest BCUT2D eigenvalue weighted by Gasteiger charge is -2.33. The maximum Gasteiger partial charge on any atom is 0.135 e. The number of hydrogen-bond acceptors (Lipinski definition) is 1. The van der Waals surface area contributed by atoms with Gasteiger partial charge in [0.2, 0.25) is 0 Å². The van der Waals surface area contributed by atoms with Crippen LogP contribution in [0.3, 0.4) is 0 Å². The highest BCUT2D eigenvalue weighted by atomic mass is 16.3. The highest BCUT2D eigenvalue weighted by Crippen LogP contribution is 2.50. The van der Waals surface area contributed by atoms with E-state index in [4.69, 9.17) is 4.42 Å². The summed E-state index contributed by atoms with van der Waals surface area (Å²) in [4.78, 5) is 0. The molecular formula is C54H42N2O. The summed E-state index contributed by atoms with van der Waals surface area (Å²) in [5.74, 6) is 0.347. The van der Waals surface area contributed by atoms with Gasteiger partial charge < -0.3 is 13.6 Å². The van der Waals surface area contributed by atoms with Gasteiger partial charge in [-0.3, -0.25) is 0 Å². The Bertz CT molecular complexity index is 3270. The summed E-state index contributed by atoms with van der Waals surface area (Å²) in [5, 5.41) is 6.05. The predicted octanol–water partition coefficient (Wildman–Crippen LogP) is 14.8.